The molecule has 0 spiro atoms. The summed E-state index contributed by atoms with van der Waals surface area (Å²) in [7, 11) is 0. The highest BCUT2D eigenvalue weighted by Crippen LogP contribution is 2.32. The molecule has 0 amide bonds. The fourth-order valence-corrected chi connectivity index (χ4v) is 3.19. The lowest BCUT2D eigenvalue weighted by molar-refractivity contribution is -0.153. The molecule has 8 heteroatoms. The van der Waals surface area contributed by atoms with E-state index in [4.69, 9.17) is 14.2 Å². The van der Waals surface area contributed by atoms with Crippen LogP contribution < -0.4 is 9.47 Å². The Morgan fingerprint density at radius 2 is 1.96 bits per heavy atom. The molecule has 1 fully saturated rings. The van der Waals surface area contributed by atoms with E-state index in [2.05, 4.69) is 4.98 Å². The summed E-state index contributed by atoms with van der Waals surface area (Å²) in [6.45, 7) is -0.442. The number of nitrogens with zero attached hydrogens (tertiary/aromatic N) is 1. The van der Waals surface area contributed by atoms with Gasteiger partial charge in [-0.25, -0.2) is 4.98 Å². The average Bonchev–Trinajstić information content (AvgIpc) is 3.22. The normalized spacial score (nSPS) is 17.9. The number of thiazole rings is 1. The number of aromatic nitrogens is 1. The van der Waals surface area contributed by atoms with Crippen LogP contribution in [-0.4, -0.2) is 24.4 Å². The van der Waals surface area contributed by atoms with Crippen LogP contribution in [0.3, 0.4) is 0 Å². The van der Waals surface area contributed by atoms with E-state index in [0.29, 0.717) is 0 Å². The van der Waals surface area contributed by atoms with E-state index in [0.717, 1.165) is 30.2 Å². The van der Waals surface area contributed by atoms with Crippen LogP contribution in [0.4, 0.5) is 13.2 Å². The second kappa shape index (κ2) is 7.40. The highest BCUT2D eigenvalue weighted by molar-refractivity contribution is 7.09. The van der Waals surface area contributed by atoms with E-state index >= 15 is 0 Å². The second-order valence-corrected chi connectivity index (χ2v) is 6.21. The number of hydrogen-bond donors (Lipinski definition) is 0. The molecule has 0 bridgehead atoms. The molecule has 4 nitrogen and oxygen atoms in total. The Bertz CT molecular complexity index is 669. The summed E-state index contributed by atoms with van der Waals surface area (Å²) in [6.07, 6.45) is -2.36. The molecule has 1 aromatic heterocycles. The van der Waals surface area contributed by atoms with Gasteiger partial charge in [-0.15, -0.1) is 11.3 Å². The van der Waals surface area contributed by atoms with Crippen molar-refractivity contribution < 1.29 is 27.4 Å². The Morgan fingerprint density at radius 1 is 1.21 bits per heavy atom. The quantitative estimate of drug-likeness (QED) is 0.761. The van der Waals surface area contributed by atoms with E-state index in [1.54, 1.807) is 18.2 Å². The Hall–Kier alpha value is -1.80. The molecule has 2 aromatic rings. The first-order valence-corrected chi connectivity index (χ1v) is 8.36. The lowest BCUT2D eigenvalue weighted by Crippen LogP contribution is -2.19. The molecule has 1 aliphatic heterocycles. The fourth-order valence-electron chi connectivity index (χ4n) is 2.31. The van der Waals surface area contributed by atoms with Gasteiger partial charge in [0.2, 0.25) is 0 Å². The first-order chi connectivity index (χ1) is 11.5. The molecule has 1 saturated heterocycles. The zero-order valence-electron chi connectivity index (χ0n) is 12.7. The molecule has 0 aliphatic carbocycles. The minimum absolute atomic E-state index is 0.0474. The van der Waals surface area contributed by atoms with Crippen molar-refractivity contribution >= 4 is 11.3 Å². The number of rotatable bonds is 6. The molecule has 0 saturated carbocycles. The van der Waals surface area contributed by atoms with Crippen molar-refractivity contribution in [3.05, 3.63) is 40.3 Å². The third-order valence-corrected chi connectivity index (χ3v) is 4.38. The molecule has 2 heterocycles. The van der Waals surface area contributed by atoms with Crippen LogP contribution in [0.15, 0.2) is 29.6 Å². The predicted octanol–water partition coefficient (Wildman–Crippen LogP) is 4.51. The van der Waals surface area contributed by atoms with Crippen molar-refractivity contribution in [3.8, 4) is 11.5 Å². The molecule has 0 radical (unpaired) electrons. The Labute approximate surface area is 141 Å². The zero-order chi connectivity index (χ0) is 17.0. The summed E-state index contributed by atoms with van der Waals surface area (Å²) in [4.78, 5) is 4.47. The number of alkyl halides is 3. The summed E-state index contributed by atoms with van der Waals surface area (Å²) in [5.41, 5.74) is 0.719. The maximum absolute atomic E-state index is 12.3. The van der Waals surface area contributed by atoms with Gasteiger partial charge >= 0.3 is 6.18 Å². The van der Waals surface area contributed by atoms with Gasteiger partial charge in [-0.05, 0) is 25.0 Å². The number of halogens is 3. The maximum Gasteiger partial charge on any atom is 0.422 e. The number of para-hydroxylation sites is 2. The minimum Gasteiger partial charge on any atom is -0.483 e. The zero-order valence-corrected chi connectivity index (χ0v) is 13.5. The van der Waals surface area contributed by atoms with Crippen LogP contribution in [0.2, 0.25) is 0 Å². The minimum atomic E-state index is -4.39. The third-order valence-electron chi connectivity index (χ3n) is 3.39. The molecule has 1 atom stereocenters. The van der Waals surface area contributed by atoms with Crippen molar-refractivity contribution in [2.75, 3.05) is 13.2 Å². The molecular weight excluding hydrogens is 343 g/mol. The topological polar surface area (TPSA) is 40.6 Å². The van der Waals surface area contributed by atoms with Gasteiger partial charge in [0.05, 0.1) is 5.69 Å². The molecular formula is C16H16F3NO3S. The van der Waals surface area contributed by atoms with Crippen LogP contribution in [-0.2, 0) is 11.3 Å². The first-order valence-electron chi connectivity index (χ1n) is 7.48. The van der Waals surface area contributed by atoms with Gasteiger partial charge in [0.1, 0.15) is 17.7 Å². The lowest BCUT2D eigenvalue weighted by atomic mass is 10.2. The number of ether oxygens (including phenoxy) is 3. The monoisotopic (exact) mass is 359 g/mol. The van der Waals surface area contributed by atoms with Crippen molar-refractivity contribution in [2.24, 2.45) is 0 Å². The van der Waals surface area contributed by atoms with Gasteiger partial charge in [0.15, 0.2) is 18.1 Å². The van der Waals surface area contributed by atoms with Crippen molar-refractivity contribution in [1.29, 1.82) is 0 Å². The summed E-state index contributed by atoms with van der Waals surface area (Å²) < 4.78 is 52.8. The van der Waals surface area contributed by atoms with Gasteiger partial charge in [-0.3, -0.25) is 0 Å². The van der Waals surface area contributed by atoms with Crippen molar-refractivity contribution in [1.82, 2.24) is 4.98 Å². The smallest absolute Gasteiger partial charge is 0.422 e. The molecule has 0 N–H and O–H groups in total. The third kappa shape index (κ3) is 4.61. The molecule has 130 valence electrons. The summed E-state index contributed by atoms with van der Waals surface area (Å²) in [6, 6.07) is 6.28. The van der Waals surface area contributed by atoms with Crippen molar-refractivity contribution in [3.63, 3.8) is 0 Å². The molecule has 0 unspecified atom stereocenters. The number of benzene rings is 1. The van der Waals surface area contributed by atoms with Gasteiger partial charge in [0.25, 0.3) is 0 Å². The van der Waals surface area contributed by atoms with E-state index in [9.17, 15) is 13.2 Å². The summed E-state index contributed by atoms with van der Waals surface area (Å²) in [5.74, 6) is 0.317. The molecule has 3 rings (SSSR count). The summed E-state index contributed by atoms with van der Waals surface area (Å²) in [5, 5.41) is 2.78. The van der Waals surface area contributed by atoms with Gasteiger partial charge in [0, 0.05) is 12.0 Å². The predicted molar refractivity (Wildman–Crippen MR) is 82.4 cm³/mol. The van der Waals surface area contributed by atoms with E-state index in [-0.39, 0.29) is 24.2 Å². The molecule has 1 aliphatic rings. The number of hydrogen-bond acceptors (Lipinski definition) is 5. The Balaban J connectivity index is 1.60. The maximum atomic E-state index is 12.3. The average molecular weight is 359 g/mol. The van der Waals surface area contributed by atoms with Gasteiger partial charge in [-0.2, -0.15) is 13.2 Å². The van der Waals surface area contributed by atoms with Gasteiger partial charge < -0.3 is 14.2 Å². The van der Waals surface area contributed by atoms with Crippen LogP contribution in [0, 0.1) is 0 Å². The largest absolute Gasteiger partial charge is 0.483 e. The van der Waals surface area contributed by atoms with Crippen LogP contribution in [0.1, 0.15) is 29.6 Å². The van der Waals surface area contributed by atoms with Crippen LogP contribution >= 0.6 is 11.3 Å². The Kier molecular flexibility index (Phi) is 5.25. The second-order valence-electron chi connectivity index (χ2n) is 5.32. The van der Waals surface area contributed by atoms with E-state index in [1.807, 2.05) is 5.38 Å². The standard InChI is InChI=1S/C16H16F3NO3S/c17-16(18,19)10-23-13-5-2-1-4-12(13)22-8-11-9-24-15(20-11)14-6-3-7-21-14/h1-2,4-5,9,14H,3,6-8,10H2/t14-/m0/s1. The van der Waals surface area contributed by atoms with Gasteiger partial charge in [-0.1, -0.05) is 12.1 Å². The SMILES string of the molecule is FC(F)(F)COc1ccccc1OCc1csc([C@@H]2CCCO2)n1. The lowest BCUT2D eigenvalue weighted by Gasteiger charge is -2.13. The first kappa shape index (κ1) is 17.0. The van der Waals surface area contributed by atoms with E-state index in [1.165, 1.54) is 17.4 Å². The Morgan fingerprint density at radius 3 is 2.62 bits per heavy atom. The summed E-state index contributed by atoms with van der Waals surface area (Å²) >= 11 is 1.50. The van der Waals surface area contributed by atoms with Crippen LogP contribution in [0.25, 0.3) is 0 Å². The molecule has 1 aromatic carbocycles. The fraction of sp³-hybridized carbons (Fsp3) is 0.438. The van der Waals surface area contributed by atoms with Crippen LogP contribution in [0.5, 0.6) is 11.5 Å². The van der Waals surface area contributed by atoms with Crippen molar-refractivity contribution in [2.45, 2.75) is 31.7 Å². The highest BCUT2D eigenvalue weighted by Gasteiger charge is 2.29. The molecule has 24 heavy (non-hydrogen) atoms. The van der Waals surface area contributed by atoms with E-state index < -0.39 is 12.8 Å². The highest BCUT2D eigenvalue weighted by atomic mass is 32.1.